The number of aromatic nitrogens is 4. The Morgan fingerprint density at radius 2 is 1.77 bits per heavy atom. The monoisotopic (exact) mass is 452 g/mol. The van der Waals surface area contributed by atoms with Gasteiger partial charge in [0.25, 0.3) is 0 Å². The number of nitrogens with zero attached hydrogens (tertiary/aromatic N) is 4. The fraction of sp³-hybridized carbons (Fsp3) is 0.261. The van der Waals surface area contributed by atoms with Gasteiger partial charge in [0.2, 0.25) is 0 Å². The Labute approximate surface area is 189 Å². The van der Waals surface area contributed by atoms with Crippen LogP contribution in [0, 0.1) is 0 Å². The summed E-state index contributed by atoms with van der Waals surface area (Å²) in [6.07, 6.45) is 4.83. The molecule has 152 valence electrons. The summed E-state index contributed by atoms with van der Waals surface area (Å²) in [6, 6.07) is 18.6. The Morgan fingerprint density at radius 3 is 2.57 bits per heavy atom. The molecule has 5 rings (SSSR count). The van der Waals surface area contributed by atoms with E-state index in [1.807, 2.05) is 42.5 Å². The van der Waals surface area contributed by atoms with Crippen LogP contribution < -0.4 is 0 Å². The van der Waals surface area contributed by atoms with E-state index in [-0.39, 0.29) is 0 Å². The minimum absolute atomic E-state index is 0.434. The number of benzene rings is 2. The van der Waals surface area contributed by atoms with Crippen LogP contribution in [0.3, 0.4) is 0 Å². The van der Waals surface area contributed by atoms with E-state index in [1.54, 1.807) is 23.1 Å². The molecular weight excluding hydrogens is 432 g/mol. The molecule has 0 radical (unpaired) electrons. The highest BCUT2D eigenvalue weighted by atomic mass is 35.5. The van der Waals surface area contributed by atoms with Gasteiger partial charge in [-0.2, -0.15) is 0 Å². The molecular formula is C23H21ClN4S2. The average molecular weight is 453 g/mol. The van der Waals surface area contributed by atoms with E-state index >= 15 is 0 Å². The first-order valence-corrected chi connectivity index (χ1v) is 12.4. The average Bonchev–Trinajstić information content (AvgIpc) is 3.53. The molecule has 2 aromatic carbocycles. The maximum atomic E-state index is 6.48. The number of rotatable bonds is 6. The Kier molecular flexibility index (Phi) is 5.88. The van der Waals surface area contributed by atoms with Crippen molar-refractivity contribution in [2.24, 2.45) is 0 Å². The standard InChI is InChI=1S/C23H21ClN4S2/c24-20-13-7-6-12-19(20)21-26-27-23(28(21)18-10-4-5-11-18)30-15-17-14-29-22(25-17)16-8-2-1-3-9-16/h1-3,6-9,12-14,18H,4-5,10-11,15H2. The molecule has 30 heavy (non-hydrogen) atoms. The first-order valence-electron chi connectivity index (χ1n) is 10.1. The van der Waals surface area contributed by atoms with Crippen LogP contribution in [0.2, 0.25) is 5.02 Å². The minimum atomic E-state index is 0.434. The van der Waals surface area contributed by atoms with Crippen LogP contribution >= 0.6 is 34.7 Å². The molecule has 1 aliphatic carbocycles. The summed E-state index contributed by atoms with van der Waals surface area (Å²) < 4.78 is 2.31. The lowest BCUT2D eigenvalue weighted by molar-refractivity contribution is 0.485. The smallest absolute Gasteiger partial charge is 0.192 e. The quantitative estimate of drug-likeness (QED) is 0.292. The minimum Gasteiger partial charge on any atom is -0.299 e. The van der Waals surface area contributed by atoms with E-state index in [1.165, 1.54) is 12.8 Å². The normalized spacial score (nSPS) is 14.4. The molecule has 0 bridgehead atoms. The number of hydrogen-bond donors (Lipinski definition) is 0. The van der Waals surface area contributed by atoms with E-state index in [9.17, 15) is 0 Å². The molecule has 0 amide bonds. The third-order valence-electron chi connectivity index (χ3n) is 5.39. The zero-order valence-electron chi connectivity index (χ0n) is 16.4. The van der Waals surface area contributed by atoms with Crippen LogP contribution in [-0.4, -0.2) is 19.7 Å². The van der Waals surface area contributed by atoms with Crippen molar-refractivity contribution in [1.82, 2.24) is 19.7 Å². The van der Waals surface area contributed by atoms with E-state index in [4.69, 9.17) is 16.6 Å². The Balaban J connectivity index is 1.41. The van der Waals surface area contributed by atoms with Gasteiger partial charge in [0.1, 0.15) is 5.01 Å². The van der Waals surface area contributed by atoms with Gasteiger partial charge in [-0.05, 0) is 25.0 Å². The van der Waals surface area contributed by atoms with E-state index < -0.39 is 0 Å². The van der Waals surface area contributed by atoms with Gasteiger partial charge in [0, 0.05) is 28.3 Å². The second-order valence-electron chi connectivity index (χ2n) is 7.39. The van der Waals surface area contributed by atoms with Gasteiger partial charge < -0.3 is 0 Å². The van der Waals surface area contributed by atoms with Gasteiger partial charge in [-0.3, -0.25) is 4.57 Å². The fourth-order valence-corrected chi connectivity index (χ4v) is 5.97. The van der Waals surface area contributed by atoms with Crippen molar-refractivity contribution in [1.29, 1.82) is 0 Å². The Morgan fingerprint density at radius 1 is 1.00 bits per heavy atom. The van der Waals surface area contributed by atoms with Crippen LogP contribution in [-0.2, 0) is 5.75 Å². The summed E-state index contributed by atoms with van der Waals surface area (Å²) in [5.74, 6) is 1.65. The van der Waals surface area contributed by atoms with Crippen molar-refractivity contribution < 1.29 is 0 Å². The van der Waals surface area contributed by atoms with Crippen molar-refractivity contribution in [3.63, 3.8) is 0 Å². The predicted molar refractivity (Wildman–Crippen MR) is 125 cm³/mol. The summed E-state index contributed by atoms with van der Waals surface area (Å²) in [7, 11) is 0. The largest absolute Gasteiger partial charge is 0.299 e. The van der Waals surface area contributed by atoms with Crippen molar-refractivity contribution >= 4 is 34.7 Å². The molecule has 1 fully saturated rings. The molecule has 4 nitrogen and oxygen atoms in total. The number of halogens is 1. The molecule has 0 atom stereocenters. The second-order valence-corrected chi connectivity index (χ2v) is 9.60. The summed E-state index contributed by atoms with van der Waals surface area (Å²) in [4.78, 5) is 4.82. The molecule has 2 heterocycles. The maximum absolute atomic E-state index is 6.48. The molecule has 0 saturated heterocycles. The van der Waals surface area contributed by atoms with E-state index in [0.717, 1.165) is 51.4 Å². The van der Waals surface area contributed by atoms with Crippen molar-refractivity contribution in [3.8, 4) is 22.0 Å². The number of thiazole rings is 1. The van der Waals surface area contributed by atoms with Crippen LogP contribution in [0.15, 0.2) is 65.1 Å². The summed E-state index contributed by atoms with van der Waals surface area (Å²) >= 11 is 9.88. The third kappa shape index (κ3) is 4.04. The summed E-state index contributed by atoms with van der Waals surface area (Å²) in [6.45, 7) is 0. The van der Waals surface area contributed by atoms with Gasteiger partial charge in [-0.25, -0.2) is 4.98 Å². The molecule has 0 spiro atoms. The van der Waals surface area contributed by atoms with E-state index in [2.05, 4.69) is 32.3 Å². The molecule has 1 aliphatic rings. The first-order chi connectivity index (χ1) is 14.8. The number of hydrogen-bond acceptors (Lipinski definition) is 5. The number of thioether (sulfide) groups is 1. The lowest BCUT2D eigenvalue weighted by Crippen LogP contribution is -2.08. The lowest BCUT2D eigenvalue weighted by Gasteiger charge is -2.17. The summed E-state index contributed by atoms with van der Waals surface area (Å²) in [5, 5.41) is 14.0. The van der Waals surface area contributed by atoms with Crippen LogP contribution in [0.25, 0.3) is 22.0 Å². The molecule has 0 unspecified atom stereocenters. The van der Waals surface area contributed by atoms with Gasteiger partial charge in [0.05, 0.1) is 10.7 Å². The molecule has 2 aromatic heterocycles. The highest BCUT2D eigenvalue weighted by Crippen LogP contribution is 2.39. The lowest BCUT2D eigenvalue weighted by atomic mass is 10.2. The fourth-order valence-electron chi connectivity index (χ4n) is 3.92. The van der Waals surface area contributed by atoms with Crippen molar-refractivity contribution in [2.75, 3.05) is 0 Å². The highest BCUT2D eigenvalue weighted by Gasteiger charge is 2.25. The van der Waals surface area contributed by atoms with E-state index in [0.29, 0.717) is 11.1 Å². The Hall–Kier alpha value is -2.15. The van der Waals surface area contributed by atoms with Gasteiger partial charge in [-0.1, -0.05) is 78.7 Å². The van der Waals surface area contributed by atoms with Crippen LogP contribution in [0.1, 0.15) is 37.4 Å². The predicted octanol–water partition coefficient (Wildman–Crippen LogP) is 7.13. The maximum Gasteiger partial charge on any atom is 0.192 e. The molecule has 1 saturated carbocycles. The Bertz CT molecular complexity index is 1130. The van der Waals surface area contributed by atoms with Gasteiger partial charge in [0.15, 0.2) is 11.0 Å². The first kappa shape index (κ1) is 19.8. The van der Waals surface area contributed by atoms with Crippen LogP contribution in [0.4, 0.5) is 0 Å². The molecule has 4 aromatic rings. The topological polar surface area (TPSA) is 43.6 Å². The second kappa shape index (κ2) is 8.92. The molecule has 0 aliphatic heterocycles. The molecule has 0 N–H and O–H groups in total. The zero-order chi connectivity index (χ0) is 20.3. The van der Waals surface area contributed by atoms with Crippen LogP contribution in [0.5, 0.6) is 0 Å². The highest BCUT2D eigenvalue weighted by molar-refractivity contribution is 7.98. The summed E-state index contributed by atoms with van der Waals surface area (Å²) in [5.41, 5.74) is 3.18. The van der Waals surface area contributed by atoms with Gasteiger partial charge >= 0.3 is 0 Å². The zero-order valence-corrected chi connectivity index (χ0v) is 18.8. The molecule has 7 heteroatoms. The van der Waals surface area contributed by atoms with Crippen molar-refractivity contribution in [2.45, 2.75) is 42.6 Å². The SMILES string of the molecule is Clc1ccccc1-c1nnc(SCc2csc(-c3ccccc3)n2)n1C1CCCC1. The van der Waals surface area contributed by atoms with Gasteiger partial charge in [-0.15, -0.1) is 21.5 Å². The van der Waals surface area contributed by atoms with Crippen molar-refractivity contribution in [3.05, 3.63) is 70.7 Å². The third-order valence-corrected chi connectivity index (χ3v) is 7.64.